The van der Waals surface area contributed by atoms with Gasteiger partial charge in [0.15, 0.2) is 0 Å². The fourth-order valence-electron chi connectivity index (χ4n) is 2.86. The molecule has 0 rings (SSSR count). The summed E-state index contributed by atoms with van der Waals surface area (Å²) < 4.78 is 12.0. The lowest BCUT2D eigenvalue weighted by molar-refractivity contribution is -0.189. The van der Waals surface area contributed by atoms with Gasteiger partial charge >= 0.3 is 5.97 Å². The standard InChI is InChI=1S/C22H44O3/c1-13-21(10,11)22(12,16-18(2,3)4)25-17(23)20(8,9)14-15-24-19(5,6)7/h13-16H2,1-12H3. The first-order valence-electron chi connectivity index (χ1n) is 9.73. The normalized spacial score (nSPS) is 16.5. The Morgan fingerprint density at radius 3 is 1.68 bits per heavy atom. The van der Waals surface area contributed by atoms with Crippen molar-refractivity contribution in [1.29, 1.82) is 0 Å². The van der Waals surface area contributed by atoms with E-state index in [1.54, 1.807) is 0 Å². The van der Waals surface area contributed by atoms with Gasteiger partial charge in [-0.05, 0) is 66.2 Å². The lowest BCUT2D eigenvalue weighted by Crippen LogP contribution is -2.50. The molecule has 150 valence electrons. The maximum atomic E-state index is 13.0. The summed E-state index contributed by atoms with van der Waals surface area (Å²) >= 11 is 0. The summed E-state index contributed by atoms with van der Waals surface area (Å²) in [6.45, 7) is 25.8. The Bertz CT molecular complexity index is 435. The van der Waals surface area contributed by atoms with Crippen LogP contribution in [0.4, 0.5) is 0 Å². The van der Waals surface area contributed by atoms with Crippen molar-refractivity contribution in [2.24, 2.45) is 16.2 Å². The van der Waals surface area contributed by atoms with Crippen molar-refractivity contribution in [3.8, 4) is 0 Å². The Balaban J connectivity index is 5.25. The van der Waals surface area contributed by atoms with E-state index in [0.29, 0.717) is 13.0 Å². The SMILES string of the molecule is CCC(C)(C)C(C)(CC(C)(C)C)OC(=O)C(C)(C)CCOC(C)(C)C. The largest absolute Gasteiger partial charge is 0.458 e. The van der Waals surface area contributed by atoms with E-state index in [1.165, 1.54) is 0 Å². The topological polar surface area (TPSA) is 35.5 Å². The van der Waals surface area contributed by atoms with Crippen LogP contribution in [0.15, 0.2) is 0 Å². The highest BCUT2D eigenvalue weighted by Crippen LogP contribution is 2.45. The second kappa shape index (κ2) is 7.98. The summed E-state index contributed by atoms with van der Waals surface area (Å²) in [6.07, 6.45) is 2.45. The number of ether oxygens (including phenoxy) is 2. The molecular formula is C22H44O3. The lowest BCUT2D eigenvalue weighted by atomic mass is 9.67. The number of carbonyl (C=O) groups is 1. The van der Waals surface area contributed by atoms with Gasteiger partial charge in [0.1, 0.15) is 5.60 Å². The van der Waals surface area contributed by atoms with Gasteiger partial charge in [-0.25, -0.2) is 0 Å². The van der Waals surface area contributed by atoms with Crippen LogP contribution in [-0.4, -0.2) is 23.8 Å². The molecule has 0 heterocycles. The van der Waals surface area contributed by atoms with Gasteiger partial charge in [-0.2, -0.15) is 0 Å². The Morgan fingerprint density at radius 2 is 1.32 bits per heavy atom. The van der Waals surface area contributed by atoms with Crippen molar-refractivity contribution in [3.05, 3.63) is 0 Å². The molecule has 1 atom stereocenters. The molecule has 0 radical (unpaired) electrons. The number of hydrogen-bond acceptors (Lipinski definition) is 3. The molecule has 3 heteroatoms. The number of rotatable bonds is 8. The van der Waals surface area contributed by atoms with Crippen LogP contribution in [0.25, 0.3) is 0 Å². The first-order chi connectivity index (χ1) is 10.9. The summed E-state index contributed by atoms with van der Waals surface area (Å²) in [6, 6.07) is 0. The van der Waals surface area contributed by atoms with Crippen molar-refractivity contribution >= 4 is 5.97 Å². The molecule has 0 aliphatic heterocycles. The average molecular weight is 357 g/mol. The molecule has 0 N–H and O–H groups in total. The summed E-state index contributed by atoms with van der Waals surface area (Å²) in [4.78, 5) is 13.0. The van der Waals surface area contributed by atoms with Gasteiger partial charge in [-0.15, -0.1) is 0 Å². The van der Waals surface area contributed by atoms with E-state index in [9.17, 15) is 4.79 Å². The van der Waals surface area contributed by atoms with Crippen LogP contribution in [-0.2, 0) is 14.3 Å². The summed E-state index contributed by atoms with van der Waals surface area (Å²) in [7, 11) is 0. The second-order valence-electron chi connectivity index (χ2n) is 11.2. The van der Waals surface area contributed by atoms with E-state index in [4.69, 9.17) is 9.47 Å². The van der Waals surface area contributed by atoms with Crippen molar-refractivity contribution in [2.75, 3.05) is 6.61 Å². The van der Waals surface area contributed by atoms with Crippen molar-refractivity contribution in [1.82, 2.24) is 0 Å². The van der Waals surface area contributed by atoms with Crippen LogP contribution in [0, 0.1) is 16.2 Å². The molecule has 0 aromatic heterocycles. The highest BCUT2D eigenvalue weighted by molar-refractivity contribution is 5.76. The molecule has 0 spiro atoms. The van der Waals surface area contributed by atoms with Gasteiger partial charge in [0.05, 0.1) is 11.0 Å². The minimum atomic E-state index is -0.561. The lowest BCUT2D eigenvalue weighted by Gasteiger charge is -2.47. The Hall–Kier alpha value is -0.570. The van der Waals surface area contributed by atoms with Crippen LogP contribution >= 0.6 is 0 Å². The third kappa shape index (κ3) is 8.11. The quantitative estimate of drug-likeness (QED) is 0.472. The van der Waals surface area contributed by atoms with Crippen LogP contribution in [0.3, 0.4) is 0 Å². The molecule has 0 aromatic carbocycles. The molecule has 1 unspecified atom stereocenters. The van der Waals surface area contributed by atoms with E-state index in [-0.39, 0.29) is 22.4 Å². The molecule has 3 nitrogen and oxygen atoms in total. The molecule has 0 amide bonds. The maximum absolute atomic E-state index is 13.0. The Morgan fingerprint density at radius 1 is 0.840 bits per heavy atom. The van der Waals surface area contributed by atoms with Crippen LogP contribution < -0.4 is 0 Å². The van der Waals surface area contributed by atoms with Crippen molar-refractivity contribution in [2.45, 2.75) is 114 Å². The third-order valence-corrected chi connectivity index (χ3v) is 5.32. The summed E-state index contributed by atoms with van der Waals surface area (Å²) in [5.41, 5.74) is -1.26. The maximum Gasteiger partial charge on any atom is 0.312 e. The molecular weight excluding hydrogens is 312 g/mol. The molecule has 25 heavy (non-hydrogen) atoms. The fraction of sp³-hybridized carbons (Fsp3) is 0.955. The average Bonchev–Trinajstić information content (AvgIpc) is 2.34. The minimum absolute atomic E-state index is 0.0843. The monoisotopic (exact) mass is 356 g/mol. The van der Waals surface area contributed by atoms with E-state index in [1.807, 2.05) is 34.6 Å². The predicted molar refractivity (Wildman–Crippen MR) is 107 cm³/mol. The van der Waals surface area contributed by atoms with Gasteiger partial charge in [-0.3, -0.25) is 4.79 Å². The van der Waals surface area contributed by atoms with Crippen molar-refractivity contribution < 1.29 is 14.3 Å². The zero-order valence-corrected chi connectivity index (χ0v) is 19.1. The highest BCUT2D eigenvalue weighted by Gasteiger charge is 2.47. The first kappa shape index (κ1) is 24.4. The summed E-state index contributed by atoms with van der Waals surface area (Å²) in [5.74, 6) is -0.127. The minimum Gasteiger partial charge on any atom is -0.458 e. The molecule has 0 bridgehead atoms. The van der Waals surface area contributed by atoms with Gasteiger partial charge in [0.2, 0.25) is 0 Å². The summed E-state index contributed by atoms with van der Waals surface area (Å²) in [5, 5.41) is 0. The molecule has 0 aliphatic rings. The molecule has 0 fully saturated rings. The second-order valence-corrected chi connectivity index (χ2v) is 11.2. The molecule has 0 saturated heterocycles. The molecule has 0 aromatic rings. The number of carbonyl (C=O) groups excluding carboxylic acids is 1. The number of hydrogen-bond donors (Lipinski definition) is 0. The van der Waals surface area contributed by atoms with Crippen molar-refractivity contribution in [3.63, 3.8) is 0 Å². The highest BCUT2D eigenvalue weighted by atomic mass is 16.6. The fourth-order valence-corrected chi connectivity index (χ4v) is 2.86. The molecule has 0 aliphatic carbocycles. The van der Waals surface area contributed by atoms with Crippen LogP contribution in [0.1, 0.15) is 102 Å². The Labute approximate surface area is 157 Å². The third-order valence-electron chi connectivity index (χ3n) is 5.32. The predicted octanol–water partition coefficient (Wildman–Crippen LogP) is 6.39. The van der Waals surface area contributed by atoms with E-state index >= 15 is 0 Å². The smallest absolute Gasteiger partial charge is 0.312 e. The van der Waals surface area contributed by atoms with Gasteiger partial charge in [-0.1, -0.05) is 41.5 Å². The van der Waals surface area contributed by atoms with Gasteiger partial charge in [0.25, 0.3) is 0 Å². The van der Waals surface area contributed by atoms with E-state index < -0.39 is 11.0 Å². The van der Waals surface area contributed by atoms with Crippen LogP contribution in [0.5, 0.6) is 0 Å². The van der Waals surface area contributed by atoms with Gasteiger partial charge in [0, 0.05) is 12.0 Å². The molecule has 0 saturated carbocycles. The van der Waals surface area contributed by atoms with Gasteiger partial charge < -0.3 is 9.47 Å². The zero-order valence-electron chi connectivity index (χ0n) is 19.1. The van der Waals surface area contributed by atoms with Crippen LogP contribution in [0.2, 0.25) is 0 Å². The van der Waals surface area contributed by atoms with E-state index in [2.05, 4.69) is 48.5 Å². The number of esters is 1. The zero-order chi connectivity index (χ0) is 20.3. The first-order valence-corrected chi connectivity index (χ1v) is 9.73. The van der Waals surface area contributed by atoms with E-state index in [0.717, 1.165) is 12.8 Å². The Kier molecular flexibility index (Phi) is 7.80.